The first kappa shape index (κ1) is 18.9. The number of rotatable bonds is 3. The second-order valence-corrected chi connectivity index (χ2v) is 7.54. The quantitative estimate of drug-likeness (QED) is 0.157. The number of anilines is 5. The average Bonchev–Trinajstić information content (AvgIpc) is 2.57. The van der Waals surface area contributed by atoms with E-state index >= 15 is 0 Å². The normalized spacial score (nSPS) is 30.2. The van der Waals surface area contributed by atoms with E-state index in [1.165, 1.54) is 0 Å². The minimum absolute atomic E-state index is 0.110. The van der Waals surface area contributed by atoms with Crippen LogP contribution in [0, 0.1) is 11.8 Å². The number of nitrogens with two attached hydrogens (primary N) is 7. The first-order valence-corrected chi connectivity index (χ1v) is 9.41. The van der Waals surface area contributed by atoms with E-state index in [0.717, 1.165) is 16.4 Å². The van der Waals surface area contributed by atoms with E-state index in [1.807, 2.05) is 0 Å². The summed E-state index contributed by atoms with van der Waals surface area (Å²) in [7, 11) is 0. The number of hydrogen-bond acceptors (Lipinski definition) is 7. The lowest BCUT2D eigenvalue weighted by Crippen LogP contribution is -2.55. The van der Waals surface area contributed by atoms with Crippen molar-refractivity contribution in [3.05, 3.63) is 17.7 Å². The minimum Gasteiger partial charge on any atom is -0.397 e. The Morgan fingerprint density at radius 2 is 1.42 bits per heavy atom. The molecule has 1 aliphatic rings. The predicted octanol–water partition coefficient (Wildman–Crippen LogP) is 0.983. The van der Waals surface area contributed by atoms with Crippen LogP contribution in [0.15, 0.2) is 12.2 Å². The maximum atomic E-state index is 6.51. The maximum absolute atomic E-state index is 6.51. The van der Waals surface area contributed by atoms with Gasteiger partial charge in [0.15, 0.2) is 0 Å². The van der Waals surface area contributed by atoms with Crippen molar-refractivity contribution >= 4 is 51.0 Å². The van der Waals surface area contributed by atoms with Crippen LogP contribution < -0.4 is 40.1 Å². The van der Waals surface area contributed by atoms with E-state index in [1.54, 1.807) is 0 Å². The van der Waals surface area contributed by atoms with Gasteiger partial charge in [-0.05, 0) is 18.3 Å². The smallest absolute Gasteiger partial charge is 0.0824 e. The topological polar surface area (TPSA) is 182 Å². The molecular weight excluding hydrogens is 417 g/mol. The van der Waals surface area contributed by atoms with Gasteiger partial charge in [0, 0.05) is 28.0 Å². The Morgan fingerprint density at radius 3 is 1.88 bits per heavy atom. The predicted molar refractivity (Wildman–Crippen MR) is 112 cm³/mol. The molecule has 14 N–H and O–H groups in total. The highest BCUT2D eigenvalue weighted by molar-refractivity contribution is 14.1. The molecule has 1 fully saturated rings. The van der Waals surface area contributed by atoms with E-state index in [4.69, 9.17) is 40.1 Å². The van der Waals surface area contributed by atoms with Crippen LogP contribution >= 0.6 is 22.6 Å². The van der Waals surface area contributed by atoms with Gasteiger partial charge in [-0.1, -0.05) is 41.7 Å². The van der Waals surface area contributed by atoms with Crippen LogP contribution in [-0.4, -0.2) is 16.5 Å². The van der Waals surface area contributed by atoms with Crippen LogP contribution in [0.4, 0.5) is 28.4 Å². The summed E-state index contributed by atoms with van der Waals surface area (Å²) in [4.78, 5) is 0. The summed E-state index contributed by atoms with van der Waals surface area (Å²) in [5, 5.41) is 0. The monoisotopic (exact) mass is 445 g/mol. The van der Waals surface area contributed by atoms with E-state index in [9.17, 15) is 0 Å². The van der Waals surface area contributed by atoms with E-state index < -0.39 is 0 Å². The summed E-state index contributed by atoms with van der Waals surface area (Å²) in [5.41, 5.74) is 46.5. The Balaban J connectivity index is 2.68. The molecular formula is C16H28IN7. The van der Waals surface area contributed by atoms with Gasteiger partial charge in [-0.2, -0.15) is 0 Å². The lowest BCUT2D eigenvalue weighted by atomic mass is 9.64. The first-order chi connectivity index (χ1) is 11.1. The lowest BCUT2D eigenvalue weighted by molar-refractivity contribution is 0.210. The Bertz CT molecular complexity index is 631. The molecule has 24 heavy (non-hydrogen) atoms. The van der Waals surface area contributed by atoms with Gasteiger partial charge in [-0.25, -0.2) is 0 Å². The van der Waals surface area contributed by atoms with E-state index in [2.05, 4.69) is 36.1 Å². The molecule has 0 bridgehead atoms. The Labute approximate surface area is 156 Å². The van der Waals surface area contributed by atoms with Crippen molar-refractivity contribution in [2.75, 3.05) is 33.1 Å². The van der Waals surface area contributed by atoms with Crippen molar-refractivity contribution in [3.8, 4) is 0 Å². The van der Waals surface area contributed by atoms with Crippen molar-refractivity contribution in [1.29, 1.82) is 0 Å². The maximum Gasteiger partial charge on any atom is 0.0824 e. The molecule has 8 heteroatoms. The molecule has 0 spiro atoms. The molecule has 1 aliphatic carbocycles. The molecule has 7 nitrogen and oxygen atoms in total. The van der Waals surface area contributed by atoms with Crippen molar-refractivity contribution in [1.82, 2.24) is 0 Å². The zero-order valence-corrected chi connectivity index (χ0v) is 16.1. The second kappa shape index (κ2) is 6.85. The summed E-state index contributed by atoms with van der Waals surface area (Å²) in [6.07, 6.45) is 0.866. The Morgan fingerprint density at radius 1 is 0.958 bits per heavy atom. The lowest BCUT2D eigenvalue weighted by Gasteiger charge is -2.45. The molecule has 1 saturated carbocycles. The Kier molecular flexibility index (Phi) is 5.41. The van der Waals surface area contributed by atoms with Crippen LogP contribution in [0.2, 0.25) is 0 Å². The van der Waals surface area contributed by atoms with Crippen molar-refractivity contribution in [2.45, 2.75) is 31.3 Å². The van der Waals surface area contributed by atoms with E-state index in [0.29, 0.717) is 16.9 Å². The molecule has 0 aromatic heterocycles. The number of benzene rings is 1. The van der Waals surface area contributed by atoms with Gasteiger partial charge in [0.05, 0.1) is 28.4 Å². The molecule has 0 heterocycles. The molecule has 5 atom stereocenters. The summed E-state index contributed by atoms with van der Waals surface area (Å²) >= 11 is 2.30. The molecule has 0 amide bonds. The molecule has 0 aliphatic heterocycles. The summed E-state index contributed by atoms with van der Waals surface area (Å²) in [6.45, 7) is 6.32. The number of hydrogen-bond donors (Lipinski definition) is 7. The van der Waals surface area contributed by atoms with Crippen LogP contribution in [0.1, 0.15) is 24.8 Å². The van der Waals surface area contributed by atoms with Gasteiger partial charge in [0.25, 0.3) is 0 Å². The number of alkyl halides is 1. The fourth-order valence-corrected chi connectivity index (χ4v) is 4.30. The van der Waals surface area contributed by atoms with Crippen LogP contribution in [0.25, 0.3) is 0 Å². The summed E-state index contributed by atoms with van der Waals surface area (Å²) in [5.74, 6) is 0.189. The highest BCUT2D eigenvalue weighted by Crippen LogP contribution is 2.50. The average molecular weight is 445 g/mol. The van der Waals surface area contributed by atoms with Gasteiger partial charge in [0.2, 0.25) is 0 Å². The van der Waals surface area contributed by atoms with Gasteiger partial charge < -0.3 is 40.1 Å². The Hall–Kier alpha value is -1.39. The zero-order chi connectivity index (χ0) is 18.3. The summed E-state index contributed by atoms with van der Waals surface area (Å²) in [6, 6.07) is -0.502. The third-order valence-electron chi connectivity index (χ3n) is 5.35. The third-order valence-corrected chi connectivity index (χ3v) is 6.33. The first-order valence-electron chi connectivity index (χ1n) is 7.89. The van der Waals surface area contributed by atoms with Crippen molar-refractivity contribution in [2.24, 2.45) is 23.3 Å². The van der Waals surface area contributed by atoms with Gasteiger partial charge >= 0.3 is 0 Å². The molecule has 0 radical (unpaired) electrons. The van der Waals surface area contributed by atoms with E-state index in [-0.39, 0.29) is 46.9 Å². The fraction of sp³-hybridized carbons (Fsp3) is 0.500. The second-order valence-electron chi connectivity index (χ2n) is 6.77. The zero-order valence-electron chi connectivity index (χ0n) is 13.9. The highest BCUT2D eigenvalue weighted by Gasteiger charge is 2.43. The fourth-order valence-electron chi connectivity index (χ4n) is 3.73. The summed E-state index contributed by atoms with van der Waals surface area (Å²) < 4.78 is 0.813. The van der Waals surface area contributed by atoms with Gasteiger partial charge in [-0.3, -0.25) is 0 Å². The standard InChI is InChI=1S/C16H28IN7/c1-5-3-7(6(2)4-17)8(11(19)10(5)18)9-12(20)14(22)16(24)15(23)13(9)21/h5,7-8,10-11H,2-4,18-24H2,1H3. The highest BCUT2D eigenvalue weighted by atomic mass is 127. The van der Waals surface area contributed by atoms with Gasteiger partial charge in [-0.15, -0.1) is 0 Å². The SMILES string of the molecule is C=C(CI)C1CC(C)C(N)C(N)C1c1c(N)c(N)c(N)c(N)c1N. The minimum atomic E-state index is -0.328. The third kappa shape index (κ3) is 2.86. The molecule has 2 rings (SSSR count). The van der Waals surface area contributed by atoms with Crippen molar-refractivity contribution < 1.29 is 0 Å². The van der Waals surface area contributed by atoms with Crippen molar-refractivity contribution in [3.63, 3.8) is 0 Å². The number of allylic oxidation sites excluding steroid dienone is 1. The largest absolute Gasteiger partial charge is 0.397 e. The number of halogens is 1. The van der Waals surface area contributed by atoms with Crippen LogP contribution in [-0.2, 0) is 0 Å². The molecule has 5 unspecified atom stereocenters. The molecule has 134 valence electrons. The molecule has 0 saturated heterocycles. The molecule has 1 aromatic rings. The van der Waals surface area contributed by atoms with Crippen LogP contribution in [0.3, 0.4) is 0 Å². The van der Waals surface area contributed by atoms with Gasteiger partial charge in [0.1, 0.15) is 0 Å². The van der Waals surface area contributed by atoms with Crippen LogP contribution in [0.5, 0.6) is 0 Å². The molecule has 1 aromatic carbocycles. The number of nitrogen functional groups attached to an aromatic ring is 5.